The van der Waals surface area contributed by atoms with Crippen LogP contribution < -0.4 is 14.8 Å². The Balaban J connectivity index is 2.19. The molecule has 1 N–H and O–H groups in total. The van der Waals surface area contributed by atoms with Crippen LogP contribution in [0, 0.1) is 0 Å². The van der Waals surface area contributed by atoms with E-state index in [1.165, 1.54) is 7.11 Å². The van der Waals surface area contributed by atoms with Gasteiger partial charge in [-0.3, -0.25) is 4.79 Å². The lowest BCUT2D eigenvalue weighted by Gasteiger charge is -2.26. The number of rotatable bonds is 7. The third-order valence-electron chi connectivity index (χ3n) is 3.99. The summed E-state index contributed by atoms with van der Waals surface area (Å²) in [6, 6.07) is 12.8. The fourth-order valence-electron chi connectivity index (χ4n) is 2.67. The average Bonchev–Trinajstić information content (AvgIpc) is 2.62. The summed E-state index contributed by atoms with van der Waals surface area (Å²) >= 11 is 6.31. The molecule has 5 nitrogen and oxygen atoms in total. The zero-order valence-corrected chi connectivity index (χ0v) is 15.6. The molecule has 0 aromatic heterocycles. The first-order chi connectivity index (χ1) is 12.0. The first-order valence-electron chi connectivity index (χ1n) is 7.89. The lowest BCUT2D eigenvalue weighted by atomic mass is 10.1. The van der Waals surface area contributed by atoms with E-state index in [-0.39, 0.29) is 11.9 Å². The van der Waals surface area contributed by atoms with Crippen LogP contribution in [-0.4, -0.2) is 45.7 Å². The monoisotopic (exact) mass is 362 g/mol. The number of para-hydroxylation sites is 1. The minimum atomic E-state index is -0.227. The van der Waals surface area contributed by atoms with Crippen molar-refractivity contribution in [3.05, 3.63) is 58.6 Å². The maximum absolute atomic E-state index is 12.6. The second-order valence-corrected chi connectivity index (χ2v) is 6.16. The molecule has 0 aliphatic heterocycles. The molecule has 0 bridgehead atoms. The number of carbonyl (C=O) groups excluding carboxylic acids is 1. The smallest absolute Gasteiger partial charge is 0.255 e. The van der Waals surface area contributed by atoms with Crippen LogP contribution in [0.2, 0.25) is 5.02 Å². The highest BCUT2D eigenvalue weighted by Gasteiger charge is 2.20. The Hall–Kier alpha value is -2.24. The van der Waals surface area contributed by atoms with Crippen LogP contribution >= 0.6 is 11.6 Å². The predicted molar refractivity (Wildman–Crippen MR) is 99.8 cm³/mol. The summed E-state index contributed by atoms with van der Waals surface area (Å²) in [6.07, 6.45) is 0. The van der Waals surface area contributed by atoms with E-state index < -0.39 is 0 Å². The summed E-state index contributed by atoms with van der Waals surface area (Å²) in [4.78, 5) is 14.7. The maximum Gasteiger partial charge on any atom is 0.255 e. The molecule has 1 unspecified atom stereocenters. The fraction of sp³-hybridized carbons (Fsp3) is 0.316. The van der Waals surface area contributed by atoms with Crippen LogP contribution in [0.4, 0.5) is 0 Å². The minimum Gasteiger partial charge on any atom is -0.493 e. The van der Waals surface area contributed by atoms with Gasteiger partial charge >= 0.3 is 0 Å². The maximum atomic E-state index is 12.6. The molecule has 2 rings (SSSR count). The van der Waals surface area contributed by atoms with E-state index in [2.05, 4.69) is 5.32 Å². The molecule has 1 amide bonds. The van der Waals surface area contributed by atoms with Gasteiger partial charge in [0.1, 0.15) is 0 Å². The highest BCUT2D eigenvalue weighted by atomic mass is 35.5. The van der Waals surface area contributed by atoms with Gasteiger partial charge in [-0.1, -0.05) is 35.9 Å². The van der Waals surface area contributed by atoms with Gasteiger partial charge in [0.05, 0.1) is 25.8 Å². The van der Waals surface area contributed by atoms with Gasteiger partial charge < -0.3 is 19.7 Å². The normalized spacial score (nSPS) is 11.9. The summed E-state index contributed by atoms with van der Waals surface area (Å²) < 4.78 is 10.6. The molecule has 25 heavy (non-hydrogen) atoms. The van der Waals surface area contributed by atoms with E-state index in [9.17, 15) is 4.79 Å². The molecular weight excluding hydrogens is 340 g/mol. The van der Waals surface area contributed by atoms with Crippen LogP contribution in [0.3, 0.4) is 0 Å². The summed E-state index contributed by atoms with van der Waals surface area (Å²) in [7, 11) is 6.96. The largest absolute Gasteiger partial charge is 0.493 e. The van der Waals surface area contributed by atoms with Gasteiger partial charge in [0.2, 0.25) is 0 Å². The number of benzene rings is 2. The van der Waals surface area contributed by atoms with Crippen molar-refractivity contribution in [1.82, 2.24) is 10.2 Å². The number of methoxy groups -OCH3 is 2. The molecule has 6 heteroatoms. The summed E-state index contributed by atoms with van der Waals surface area (Å²) in [5.41, 5.74) is 1.39. The minimum absolute atomic E-state index is 0.0470. The summed E-state index contributed by atoms with van der Waals surface area (Å²) in [5.74, 6) is 0.710. The van der Waals surface area contributed by atoms with E-state index in [4.69, 9.17) is 21.1 Å². The zero-order valence-electron chi connectivity index (χ0n) is 14.9. The fourth-order valence-corrected chi connectivity index (χ4v) is 2.93. The number of amides is 1. The molecule has 2 aromatic rings. The highest BCUT2D eigenvalue weighted by Crippen LogP contribution is 2.31. The van der Waals surface area contributed by atoms with Crippen LogP contribution in [0.1, 0.15) is 22.0 Å². The van der Waals surface area contributed by atoms with Crippen LogP contribution in [-0.2, 0) is 0 Å². The van der Waals surface area contributed by atoms with Crippen molar-refractivity contribution < 1.29 is 14.3 Å². The second kappa shape index (κ2) is 8.74. The van der Waals surface area contributed by atoms with Gasteiger partial charge in [-0.05, 0) is 37.9 Å². The van der Waals surface area contributed by atoms with Crippen LogP contribution in [0.5, 0.6) is 11.5 Å². The van der Waals surface area contributed by atoms with Gasteiger partial charge in [0.15, 0.2) is 11.5 Å². The number of ether oxygens (including phenoxy) is 2. The van der Waals surface area contributed by atoms with E-state index in [1.807, 2.05) is 43.3 Å². The molecule has 134 valence electrons. The first-order valence-corrected chi connectivity index (χ1v) is 8.27. The molecule has 0 aliphatic rings. The lowest BCUT2D eigenvalue weighted by Crippen LogP contribution is -2.34. The number of hydrogen-bond donors (Lipinski definition) is 1. The van der Waals surface area contributed by atoms with Gasteiger partial charge in [-0.25, -0.2) is 0 Å². The predicted octanol–water partition coefficient (Wildman–Crippen LogP) is 3.39. The molecular formula is C19H23ClN2O3. The summed E-state index contributed by atoms with van der Waals surface area (Å²) in [5, 5.41) is 3.63. The van der Waals surface area contributed by atoms with E-state index >= 15 is 0 Å². The molecule has 2 aromatic carbocycles. The molecule has 0 fully saturated rings. The van der Waals surface area contributed by atoms with E-state index in [0.717, 1.165) is 5.56 Å². The van der Waals surface area contributed by atoms with Gasteiger partial charge in [-0.2, -0.15) is 0 Å². The topological polar surface area (TPSA) is 50.8 Å². The zero-order chi connectivity index (χ0) is 18.4. The van der Waals surface area contributed by atoms with Crippen molar-refractivity contribution in [3.63, 3.8) is 0 Å². The third kappa shape index (κ3) is 4.44. The molecule has 0 saturated heterocycles. The number of nitrogens with one attached hydrogen (secondary N) is 1. The number of nitrogens with zero attached hydrogens (tertiary/aromatic N) is 1. The molecule has 0 aliphatic carbocycles. The Labute approximate surface area is 153 Å². The Bertz CT molecular complexity index is 734. The van der Waals surface area contributed by atoms with Gasteiger partial charge in [0, 0.05) is 11.6 Å². The third-order valence-corrected chi connectivity index (χ3v) is 4.34. The Morgan fingerprint density at radius 1 is 1.12 bits per heavy atom. The lowest BCUT2D eigenvalue weighted by molar-refractivity contribution is 0.0938. The molecule has 1 atom stereocenters. The number of carbonyl (C=O) groups is 1. The molecule has 0 spiro atoms. The van der Waals surface area contributed by atoms with Crippen molar-refractivity contribution in [2.45, 2.75) is 6.04 Å². The number of halogens is 1. The average molecular weight is 363 g/mol. The highest BCUT2D eigenvalue weighted by molar-refractivity contribution is 6.31. The molecule has 0 radical (unpaired) electrons. The van der Waals surface area contributed by atoms with Gasteiger partial charge in [0.25, 0.3) is 5.91 Å². The van der Waals surface area contributed by atoms with Crippen molar-refractivity contribution in [2.75, 3.05) is 34.9 Å². The van der Waals surface area contributed by atoms with Gasteiger partial charge in [-0.15, -0.1) is 0 Å². The Morgan fingerprint density at radius 3 is 2.44 bits per heavy atom. The Kier molecular flexibility index (Phi) is 6.67. The second-order valence-electron chi connectivity index (χ2n) is 5.75. The van der Waals surface area contributed by atoms with Crippen LogP contribution in [0.15, 0.2) is 42.5 Å². The van der Waals surface area contributed by atoms with Crippen molar-refractivity contribution in [3.8, 4) is 11.5 Å². The van der Waals surface area contributed by atoms with E-state index in [1.54, 1.807) is 25.3 Å². The molecule has 0 saturated carbocycles. The first kappa shape index (κ1) is 19.1. The molecule has 0 heterocycles. The SMILES string of the molecule is COc1cccc(C(=O)NCC(c2ccccc2Cl)N(C)C)c1OC. The quantitative estimate of drug-likeness (QED) is 0.820. The standard InChI is InChI=1S/C19H23ClN2O3/c1-22(2)16(13-8-5-6-10-15(13)20)12-21-19(23)14-9-7-11-17(24-3)18(14)25-4/h5-11,16H,12H2,1-4H3,(H,21,23). The van der Waals surface area contributed by atoms with Crippen molar-refractivity contribution in [2.24, 2.45) is 0 Å². The van der Waals surface area contributed by atoms with E-state index in [0.29, 0.717) is 28.6 Å². The summed E-state index contributed by atoms with van der Waals surface area (Å²) in [6.45, 7) is 0.413. The number of hydrogen-bond acceptors (Lipinski definition) is 4. The number of likely N-dealkylation sites (N-methyl/N-ethyl adjacent to an activating group) is 1. The van der Waals surface area contributed by atoms with Crippen molar-refractivity contribution in [1.29, 1.82) is 0 Å². The van der Waals surface area contributed by atoms with Crippen LogP contribution in [0.25, 0.3) is 0 Å². The Morgan fingerprint density at radius 2 is 1.84 bits per heavy atom. The van der Waals surface area contributed by atoms with Crippen molar-refractivity contribution >= 4 is 17.5 Å².